The molecule has 0 aliphatic heterocycles. The number of halogens is 3. The summed E-state index contributed by atoms with van der Waals surface area (Å²) < 4.78 is 13.6. The van der Waals surface area contributed by atoms with E-state index in [9.17, 15) is 9.18 Å². The Kier molecular flexibility index (Phi) is 4.70. The van der Waals surface area contributed by atoms with Gasteiger partial charge in [-0.3, -0.25) is 9.63 Å². The van der Waals surface area contributed by atoms with E-state index >= 15 is 0 Å². The Hall–Kier alpha value is -0.650. The number of likely N-dealkylation sites (N-methyl/N-ethyl adjacent to an activating group) is 1. The second-order valence-electron chi connectivity index (χ2n) is 3.09. The van der Waals surface area contributed by atoms with Gasteiger partial charge in [-0.2, -0.15) is 0 Å². The van der Waals surface area contributed by atoms with E-state index in [1.165, 1.54) is 20.2 Å². The molecule has 0 unspecified atom stereocenters. The van der Waals surface area contributed by atoms with E-state index < -0.39 is 5.82 Å². The summed E-state index contributed by atoms with van der Waals surface area (Å²) in [6, 6.07) is 3.01. The normalized spacial score (nSPS) is 10.3. The summed E-state index contributed by atoms with van der Waals surface area (Å²) >= 11 is 8.65. The number of hydrogen-bond acceptors (Lipinski definition) is 2. The fourth-order valence-electron chi connectivity index (χ4n) is 1.08. The van der Waals surface area contributed by atoms with Crippen LogP contribution in [0.15, 0.2) is 16.6 Å². The lowest BCUT2D eigenvalue weighted by atomic mass is 10.1. The van der Waals surface area contributed by atoms with Crippen LogP contribution in [0.4, 0.5) is 4.39 Å². The summed E-state index contributed by atoms with van der Waals surface area (Å²) in [6.07, 6.45) is 0.0407. The highest BCUT2D eigenvalue weighted by Gasteiger charge is 2.15. The molecule has 88 valence electrons. The molecule has 0 aromatic heterocycles. The molecule has 0 radical (unpaired) electrons. The Bertz CT molecular complexity index is 414. The van der Waals surface area contributed by atoms with Crippen molar-refractivity contribution in [2.24, 2.45) is 0 Å². The third-order valence-electron chi connectivity index (χ3n) is 2.08. The third-order valence-corrected chi connectivity index (χ3v) is 3.23. The number of hydrogen-bond donors (Lipinski definition) is 0. The van der Waals surface area contributed by atoms with Crippen LogP contribution in [0.25, 0.3) is 0 Å². The molecule has 0 saturated heterocycles. The van der Waals surface area contributed by atoms with Crippen molar-refractivity contribution in [1.29, 1.82) is 0 Å². The average molecular weight is 311 g/mol. The average Bonchev–Trinajstić information content (AvgIpc) is 2.28. The van der Waals surface area contributed by atoms with Crippen LogP contribution >= 0.6 is 27.5 Å². The van der Waals surface area contributed by atoms with Gasteiger partial charge in [0, 0.05) is 7.05 Å². The van der Waals surface area contributed by atoms with E-state index in [1.54, 1.807) is 6.07 Å². The molecule has 1 rings (SSSR count). The molecule has 3 nitrogen and oxygen atoms in total. The van der Waals surface area contributed by atoms with Gasteiger partial charge in [0.2, 0.25) is 5.91 Å². The number of rotatable bonds is 3. The second kappa shape index (κ2) is 5.61. The molecule has 0 atom stereocenters. The summed E-state index contributed by atoms with van der Waals surface area (Å²) in [5.74, 6) is -0.836. The van der Waals surface area contributed by atoms with Crippen LogP contribution in [-0.2, 0) is 16.1 Å². The monoisotopic (exact) mass is 309 g/mol. The maximum absolute atomic E-state index is 13.4. The molecule has 0 N–H and O–H groups in total. The van der Waals surface area contributed by atoms with Gasteiger partial charge in [0.05, 0.1) is 23.0 Å². The molecule has 1 aromatic carbocycles. The zero-order valence-electron chi connectivity index (χ0n) is 8.76. The van der Waals surface area contributed by atoms with Crippen LogP contribution in [0.5, 0.6) is 0 Å². The lowest BCUT2D eigenvalue weighted by molar-refractivity contribution is -0.167. The predicted molar refractivity (Wildman–Crippen MR) is 62.6 cm³/mol. The minimum atomic E-state index is -0.563. The Morgan fingerprint density at radius 1 is 1.62 bits per heavy atom. The SMILES string of the molecule is CON(C)C(=O)Cc1ccc(Cl)c(F)c1Br. The lowest BCUT2D eigenvalue weighted by Crippen LogP contribution is -2.27. The largest absolute Gasteiger partial charge is 0.275 e. The van der Waals surface area contributed by atoms with Crippen LogP contribution in [0.3, 0.4) is 0 Å². The molecule has 6 heteroatoms. The van der Waals surface area contributed by atoms with Gasteiger partial charge in [0.15, 0.2) is 5.82 Å². The van der Waals surface area contributed by atoms with Crippen molar-refractivity contribution in [3.05, 3.63) is 33.0 Å². The number of hydroxylamine groups is 2. The molecule has 0 fully saturated rings. The molecule has 0 spiro atoms. The molecular weight excluding hydrogens is 300 g/mol. The molecule has 1 aromatic rings. The van der Waals surface area contributed by atoms with Crippen molar-refractivity contribution in [1.82, 2.24) is 5.06 Å². The van der Waals surface area contributed by atoms with Crippen molar-refractivity contribution in [2.75, 3.05) is 14.2 Å². The zero-order chi connectivity index (χ0) is 12.3. The fraction of sp³-hybridized carbons (Fsp3) is 0.300. The summed E-state index contributed by atoms with van der Waals surface area (Å²) in [5, 5.41) is 1.10. The van der Waals surface area contributed by atoms with Gasteiger partial charge in [-0.25, -0.2) is 9.45 Å². The van der Waals surface area contributed by atoms with Crippen molar-refractivity contribution in [2.45, 2.75) is 6.42 Å². The highest BCUT2D eigenvalue weighted by Crippen LogP contribution is 2.27. The van der Waals surface area contributed by atoms with E-state index in [0.717, 1.165) is 5.06 Å². The molecule has 0 aliphatic carbocycles. The Morgan fingerprint density at radius 3 is 2.81 bits per heavy atom. The van der Waals surface area contributed by atoms with E-state index in [-0.39, 0.29) is 21.8 Å². The highest BCUT2D eigenvalue weighted by molar-refractivity contribution is 9.10. The van der Waals surface area contributed by atoms with Gasteiger partial charge in [-0.1, -0.05) is 17.7 Å². The quantitative estimate of drug-likeness (QED) is 0.635. The third kappa shape index (κ3) is 2.93. The maximum Gasteiger partial charge on any atom is 0.250 e. The molecule has 1 amide bonds. The minimum absolute atomic E-state index is 0.0168. The number of carbonyl (C=O) groups excluding carboxylic acids is 1. The van der Waals surface area contributed by atoms with Crippen LogP contribution in [-0.4, -0.2) is 25.1 Å². The second-order valence-corrected chi connectivity index (χ2v) is 4.29. The first-order chi connectivity index (χ1) is 7.47. The zero-order valence-corrected chi connectivity index (χ0v) is 11.1. The summed E-state index contributed by atoms with van der Waals surface area (Å²) in [6.45, 7) is 0. The maximum atomic E-state index is 13.4. The van der Waals surface area contributed by atoms with Crippen molar-refractivity contribution in [3.8, 4) is 0 Å². The number of nitrogens with zero attached hydrogens (tertiary/aromatic N) is 1. The van der Waals surface area contributed by atoms with Crippen molar-refractivity contribution < 1.29 is 14.0 Å². The van der Waals surface area contributed by atoms with Crippen molar-refractivity contribution in [3.63, 3.8) is 0 Å². The van der Waals surface area contributed by atoms with Crippen LogP contribution in [0.2, 0.25) is 5.02 Å². The standard InChI is InChI=1S/C10H10BrClFNO2/c1-14(16-2)8(15)5-6-3-4-7(12)10(13)9(6)11/h3-4H,5H2,1-2H3. The summed E-state index contributed by atoms with van der Waals surface area (Å²) in [7, 11) is 2.87. The first kappa shape index (κ1) is 13.4. The Balaban J connectivity index is 2.91. The smallest absolute Gasteiger partial charge is 0.250 e. The number of amides is 1. The minimum Gasteiger partial charge on any atom is -0.275 e. The van der Waals surface area contributed by atoms with Gasteiger partial charge in [0.1, 0.15) is 0 Å². The van der Waals surface area contributed by atoms with E-state index in [0.29, 0.717) is 5.56 Å². The number of carbonyl (C=O) groups is 1. The van der Waals surface area contributed by atoms with Crippen LogP contribution < -0.4 is 0 Å². The first-order valence-corrected chi connectivity index (χ1v) is 5.57. The van der Waals surface area contributed by atoms with Gasteiger partial charge in [-0.15, -0.1) is 0 Å². The first-order valence-electron chi connectivity index (χ1n) is 4.40. The van der Waals surface area contributed by atoms with Crippen LogP contribution in [0.1, 0.15) is 5.56 Å². The molecule has 0 heterocycles. The molecule has 16 heavy (non-hydrogen) atoms. The molecule has 0 bridgehead atoms. The van der Waals surface area contributed by atoms with Gasteiger partial charge in [-0.05, 0) is 27.6 Å². The van der Waals surface area contributed by atoms with Crippen LogP contribution in [0, 0.1) is 5.82 Å². The Morgan fingerprint density at radius 2 is 2.25 bits per heavy atom. The van der Waals surface area contributed by atoms with Gasteiger partial charge < -0.3 is 0 Å². The highest BCUT2D eigenvalue weighted by atomic mass is 79.9. The Labute approximate surface area is 106 Å². The number of benzene rings is 1. The fourth-order valence-corrected chi connectivity index (χ4v) is 1.84. The van der Waals surface area contributed by atoms with E-state index in [2.05, 4.69) is 15.9 Å². The van der Waals surface area contributed by atoms with Gasteiger partial charge in [0.25, 0.3) is 0 Å². The lowest BCUT2D eigenvalue weighted by Gasteiger charge is -2.14. The van der Waals surface area contributed by atoms with E-state index in [1.807, 2.05) is 0 Å². The molecular formula is C10H10BrClFNO2. The predicted octanol–water partition coefficient (Wildman–Crippen LogP) is 2.80. The molecule has 0 saturated carbocycles. The molecule has 0 aliphatic rings. The summed E-state index contributed by atoms with van der Waals surface area (Å²) in [4.78, 5) is 16.2. The van der Waals surface area contributed by atoms with Crippen molar-refractivity contribution >= 4 is 33.4 Å². The summed E-state index contributed by atoms with van der Waals surface area (Å²) in [5.41, 5.74) is 0.524. The van der Waals surface area contributed by atoms with E-state index in [4.69, 9.17) is 16.4 Å². The topological polar surface area (TPSA) is 29.5 Å². The van der Waals surface area contributed by atoms with Gasteiger partial charge >= 0.3 is 0 Å².